The number of halogens is 2. The molecule has 0 spiro atoms. The Balaban J connectivity index is 1.48. The Labute approximate surface area is 212 Å². The van der Waals surface area contributed by atoms with Crippen LogP contribution >= 0.6 is 11.6 Å². The van der Waals surface area contributed by atoms with Crippen LogP contribution in [0.5, 0.6) is 0 Å². The fraction of sp³-hybridized carbons (Fsp3) is 0.308. The Bertz CT molecular complexity index is 1490. The van der Waals surface area contributed by atoms with E-state index >= 15 is 0 Å². The van der Waals surface area contributed by atoms with Crippen molar-refractivity contribution in [1.29, 1.82) is 0 Å². The Kier molecular flexibility index (Phi) is 5.70. The maximum Gasteiger partial charge on any atom is 0.323 e. The number of anilines is 2. The van der Waals surface area contributed by atoms with Gasteiger partial charge in [0.15, 0.2) is 5.82 Å². The molecule has 8 nitrogen and oxygen atoms in total. The number of aromatic nitrogens is 4. The van der Waals surface area contributed by atoms with E-state index in [2.05, 4.69) is 30.8 Å². The van der Waals surface area contributed by atoms with E-state index in [1.165, 1.54) is 5.56 Å². The molecular weight excluding hydrogens is 481 g/mol. The number of fused-ring (bicyclic) bond motifs is 3. The molecule has 10 heteroatoms. The van der Waals surface area contributed by atoms with Crippen molar-refractivity contribution in [3.8, 4) is 0 Å². The lowest BCUT2D eigenvalue weighted by Gasteiger charge is -2.35. The van der Waals surface area contributed by atoms with Crippen molar-refractivity contribution in [3.63, 3.8) is 0 Å². The van der Waals surface area contributed by atoms with Crippen molar-refractivity contribution < 1.29 is 9.13 Å². The average molecular weight is 504 g/mol. The van der Waals surface area contributed by atoms with E-state index in [1.807, 2.05) is 35.4 Å². The zero-order chi connectivity index (χ0) is 24.8. The average Bonchev–Trinajstić information content (AvgIpc) is 3.28. The van der Waals surface area contributed by atoms with Crippen LogP contribution in [0.25, 0.3) is 15.7 Å². The van der Waals surface area contributed by atoms with Crippen LogP contribution in [0.4, 0.5) is 22.0 Å². The van der Waals surface area contributed by atoms with Crippen LogP contribution in [-0.4, -0.2) is 52.8 Å². The lowest BCUT2D eigenvalue weighted by atomic mass is 9.93. The van der Waals surface area contributed by atoms with Crippen molar-refractivity contribution in [3.05, 3.63) is 81.3 Å². The zero-order valence-corrected chi connectivity index (χ0v) is 20.4. The highest BCUT2D eigenvalue weighted by Gasteiger charge is 2.36. The highest BCUT2D eigenvalue weighted by molar-refractivity contribution is 6.31. The van der Waals surface area contributed by atoms with Crippen LogP contribution in [0.15, 0.2) is 36.5 Å². The summed E-state index contributed by atoms with van der Waals surface area (Å²) >= 11 is 6.32. The smallest absolute Gasteiger partial charge is 0.323 e. The number of aryl methyl sites for hydroxylation is 1. The Morgan fingerprint density at radius 2 is 2.00 bits per heavy atom. The van der Waals surface area contributed by atoms with Gasteiger partial charge in [-0.1, -0.05) is 29.2 Å². The van der Waals surface area contributed by atoms with E-state index < -0.39 is 5.82 Å². The standard InChI is InChI=1S/C26H23ClFN7O/c1-15-22(28)25(29-2)33-26(31-15)35-8-7-18-19-13-17(27)4-5-20(19)32-23(18)24(35)16-3-6-21(30-14-16)34-9-11-36-12-10-34/h3-6,13-14,24,32H,7-12H2,1H3/t24-/m0/s1. The lowest BCUT2D eigenvalue weighted by molar-refractivity contribution is 0.122. The summed E-state index contributed by atoms with van der Waals surface area (Å²) in [5.74, 6) is 0.271. The maximum atomic E-state index is 14.4. The summed E-state index contributed by atoms with van der Waals surface area (Å²) in [5.41, 5.74) is 4.26. The van der Waals surface area contributed by atoms with E-state index in [9.17, 15) is 4.39 Å². The molecule has 1 N–H and O–H groups in total. The van der Waals surface area contributed by atoms with Gasteiger partial charge in [-0.3, -0.25) is 0 Å². The Morgan fingerprint density at radius 3 is 2.75 bits per heavy atom. The van der Waals surface area contributed by atoms with Gasteiger partial charge in [-0.05, 0) is 48.7 Å². The molecule has 36 heavy (non-hydrogen) atoms. The number of benzene rings is 1. The van der Waals surface area contributed by atoms with Gasteiger partial charge < -0.3 is 24.4 Å². The largest absolute Gasteiger partial charge is 0.378 e. The molecule has 182 valence electrons. The molecule has 3 aromatic heterocycles. The van der Waals surface area contributed by atoms with Gasteiger partial charge in [0.25, 0.3) is 0 Å². The third-order valence-corrected chi connectivity index (χ3v) is 7.10. The van der Waals surface area contributed by atoms with Gasteiger partial charge in [0, 0.05) is 47.5 Å². The van der Waals surface area contributed by atoms with Gasteiger partial charge >= 0.3 is 11.8 Å². The first-order valence-electron chi connectivity index (χ1n) is 11.8. The second-order valence-electron chi connectivity index (χ2n) is 8.96. The number of ether oxygens (including phenoxy) is 1. The molecule has 1 fully saturated rings. The molecule has 2 aliphatic heterocycles. The first-order valence-corrected chi connectivity index (χ1v) is 12.2. The van der Waals surface area contributed by atoms with Gasteiger partial charge in [0.05, 0.1) is 18.9 Å². The fourth-order valence-corrected chi connectivity index (χ4v) is 5.27. The molecule has 0 amide bonds. The van der Waals surface area contributed by atoms with Crippen LogP contribution in [0.1, 0.15) is 28.6 Å². The van der Waals surface area contributed by atoms with E-state index in [1.54, 1.807) is 6.92 Å². The van der Waals surface area contributed by atoms with Crippen LogP contribution in [0.2, 0.25) is 5.02 Å². The van der Waals surface area contributed by atoms with Crippen molar-refractivity contribution >= 4 is 40.1 Å². The number of pyridine rings is 1. The summed E-state index contributed by atoms with van der Waals surface area (Å²) < 4.78 is 19.9. The number of hydrogen-bond acceptors (Lipinski definition) is 6. The van der Waals surface area contributed by atoms with Crippen LogP contribution in [0.3, 0.4) is 0 Å². The number of nitrogens with zero attached hydrogens (tertiary/aromatic N) is 6. The molecule has 0 radical (unpaired) electrons. The molecule has 1 aromatic carbocycles. The van der Waals surface area contributed by atoms with Crippen LogP contribution < -0.4 is 9.80 Å². The molecule has 0 aliphatic carbocycles. The molecule has 6 rings (SSSR count). The first kappa shape index (κ1) is 22.7. The summed E-state index contributed by atoms with van der Waals surface area (Å²) in [4.78, 5) is 24.6. The third kappa shape index (κ3) is 3.83. The topological polar surface area (TPSA) is 74.5 Å². The summed E-state index contributed by atoms with van der Waals surface area (Å²) in [5, 5.41) is 1.76. The number of nitrogens with one attached hydrogen (secondary N) is 1. The number of morpholine rings is 1. The number of hydrogen-bond donors (Lipinski definition) is 1. The summed E-state index contributed by atoms with van der Waals surface area (Å²) in [6, 6.07) is 9.62. The number of aromatic amines is 1. The Morgan fingerprint density at radius 1 is 1.17 bits per heavy atom. The summed E-state index contributed by atoms with van der Waals surface area (Å²) in [6.07, 6.45) is 2.60. The van der Waals surface area contributed by atoms with Crippen LogP contribution in [-0.2, 0) is 11.2 Å². The molecular formula is C26H23ClFN7O. The quantitative estimate of drug-likeness (QED) is 0.397. The highest BCUT2D eigenvalue weighted by atomic mass is 35.5. The van der Waals surface area contributed by atoms with E-state index in [0.717, 1.165) is 47.5 Å². The SMILES string of the molecule is [C-]#[N+]c1nc(N2CCc3c([nH]c4ccc(Cl)cc34)[C@@H]2c2ccc(N3CCOCC3)nc2)nc(C)c1F. The predicted molar refractivity (Wildman–Crippen MR) is 136 cm³/mol. The minimum absolute atomic E-state index is 0.153. The normalized spacial score (nSPS) is 17.8. The first-order chi connectivity index (χ1) is 17.5. The minimum atomic E-state index is -0.681. The van der Waals surface area contributed by atoms with Gasteiger partial charge in [-0.2, -0.15) is 4.98 Å². The molecule has 0 saturated carbocycles. The molecule has 1 saturated heterocycles. The van der Waals surface area contributed by atoms with Gasteiger partial charge in [-0.25, -0.2) is 9.37 Å². The predicted octanol–water partition coefficient (Wildman–Crippen LogP) is 4.99. The highest BCUT2D eigenvalue weighted by Crippen LogP contribution is 2.41. The molecule has 4 aromatic rings. The van der Waals surface area contributed by atoms with E-state index in [4.69, 9.17) is 27.9 Å². The Hall–Kier alpha value is -3.74. The van der Waals surface area contributed by atoms with Gasteiger partial charge in [0.1, 0.15) is 11.9 Å². The molecule has 5 heterocycles. The second-order valence-corrected chi connectivity index (χ2v) is 9.40. The summed E-state index contributed by atoms with van der Waals surface area (Å²) in [7, 11) is 0. The van der Waals surface area contributed by atoms with Crippen LogP contribution in [0, 0.1) is 19.3 Å². The number of rotatable bonds is 3. The molecule has 2 aliphatic rings. The molecule has 1 atom stereocenters. The summed E-state index contributed by atoms with van der Waals surface area (Å²) in [6.45, 7) is 12.5. The fourth-order valence-electron chi connectivity index (χ4n) is 5.09. The molecule has 0 bridgehead atoms. The van der Waals surface area contributed by atoms with Crippen molar-refractivity contribution in [1.82, 2.24) is 19.9 Å². The molecule has 0 unspecified atom stereocenters. The van der Waals surface area contributed by atoms with Crippen molar-refractivity contribution in [2.45, 2.75) is 19.4 Å². The van der Waals surface area contributed by atoms with Gasteiger partial charge in [0.2, 0.25) is 0 Å². The lowest BCUT2D eigenvalue weighted by Crippen LogP contribution is -2.38. The van der Waals surface area contributed by atoms with Gasteiger partial charge in [-0.15, -0.1) is 0 Å². The van der Waals surface area contributed by atoms with E-state index in [-0.39, 0.29) is 17.6 Å². The van der Waals surface area contributed by atoms with E-state index in [0.29, 0.717) is 30.7 Å². The second kappa shape index (κ2) is 9.04. The van der Waals surface area contributed by atoms with Crippen molar-refractivity contribution in [2.75, 3.05) is 42.6 Å². The number of H-pyrrole nitrogens is 1. The zero-order valence-electron chi connectivity index (χ0n) is 19.6. The third-order valence-electron chi connectivity index (χ3n) is 6.86. The maximum absolute atomic E-state index is 14.4. The van der Waals surface area contributed by atoms with Crippen molar-refractivity contribution in [2.24, 2.45) is 0 Å². The monoisotopic (exact) mass is 503 g/mol. The minimum Gasteiger partial charge on any atom is -0.378 e.